The minimum Gasteiger partial charge on any atom is -0.495 e. The zero-order valence-corrected chi connectivity index (χ0v) is 19.4. The first-order valence-electron chi connectivity index (χ1n) is 10.4. The van der Waals surface area contributed by atoms with Crippen LogP contribution < -0.4 is 23.8 Å². The largest absolute Gasteiger partial charge is 0.495 e. The Balaban J connectivity index is 1.66. The molecule has 0 radical (unpaired) electrons. The molecular formula is C24H23FN2O6S. The van der Waals surface area contributed by atoms with Crippen LogP contribution >= 0.6 is 0 Å². The zero-order valence-electron chi connectivity index (χ0n) is 18.6. The summed E-state index contributed by atoms with van der Waals surface area (Å²) in [6.45, 7) is 2.01. The van der Waals surface area contributed by atoms with Gasteiger partial charge in [0.15, 0.2) is 11.5 Å². The lowest BCUT2D eigenvalue weighted by Crippen LogP contribution is -2.38. The Morgan fingerprint density at radius 1 is 1.03 bits per heavy atom. The standard InChI is InChI=1S/C24H23FN2O6S/c1-16-3-9-21(31-2)23(13-16)34(29,30)27(19-7-4-17(25)5-8-19)15-24(28)26-18-6-10-20-22(14-18)33-12-11-32-20/h3-10,13-14H,11-12,15H2,1-2H3,(H,26,28). The van der Waals surface area contributed by atoms with Gasteiger partial charge in [0, 0.05) is 11.8 Å². The summed E-state index contributed by atoms with van der Waals surface area (Å²) in [6.07, 6.45) is 0. The normalized spacial score (nSPS) is 12.7. The van der Waals surface area contributed by atoms with Crippen LogP contribution in [0, 0.1) is 12.7 Å². The average molecular weight is 487 g/mol. The lowest BCUT2D eigenvalue weighted by molar-refractivity contribution is -0.114. The van der Waals surface area contributed by atoms with Gasteiger partial charge in [0.2, 0.25) is 5.91 Å². The fourth-order valence-electron chi connectivity index (χ4n) is 3.48. The van der Waals surface area contributed by atoms with Crippen LogP contribution in [0.1, 0.15) is 5.56 Å². The van der Waals surface area contributed by atoms with E-state index >= 15 is 0 Å². The molecule has 1 amide bonds. The van der Waals surface area contributed by atoms with Crippen LogP contribution in [0.3, 0.4) is 0 Å². The van der Waals surface area contributed by atoms with Crippen molar-refractivity contribution in [1.82, 2.24) is 0 Å². The molecule has 3 aromatic rings. The van der Waals surface area contributed by atoms with Crippen LogP contribution in [0.2, 0.25) is 0 Å². The highest BCUT2D eigenvalue weighted by molar-refractivity contribution is 7.93. The van der Waals surface area contributed by atoms with Gasteiger partial charge in [0.25, 0.3) is 10.0 Å². The van der Waals surface area contributed by atoms with Gasteiger partial charge < -0.3 is 19.5 Å². The summed E-state index contributed by atoms with van der Waals surface area (Å²) in [7, 11) is -2.89. The van der Waals surface area contributed by atoms with Crippen molar-refractivity contribution < 1.29 is 31.8 Å². The average Bonchev–Trinajstić information content (AvgIpc) is 2.83. The van der Waals surface area contributed by atoms with E-state index in [2.05, 4.69) is 5.32 Å². The number of carbonyl (C=O) groups excluding carboxylic acids is 1. The highest BCUT2D eigenvalue weighted by Gasteiger charge is 2.30. The zero-order chi connectivity index (χ0) is 24.3. The summed E-state index contributed by atoms with van der Waals surface area (Å²) in [5.41, 5.74) is 1.24. The van der Waals surface area contributed by atoms with E-state index in [0.717, 1.165) is 16.4 Å². The maximum Gasteiger partial charge on any atom is 0.268 e. The first kappa shape index (κ1) is 23.4. The number of nitrogens with zero attached hydrogens (tertiary/aromatic N) is 1. The predicted molar refractivity (Wildman–Crippen MR) is 125 cm³/mol. The number of benzene rings is 3. The SMILES string of the molecule is COc1ccc(C)cc1S(=O)(=O)N(CC(=O)Nc1ccc2c(c1)OCCO2)c1ccc(F)cc1. The molecule has 0 saturated heterocycles. The first-order chi connectivity index (χ1) is 16.3. The second-order valence-electron chi connectivity index (χ2n) is 7.55. The number of ether oxygens (including phenoxy) is 3. The van der Waals surface area contributed by atoms with E-state index in [1.54, 1.807) is 37.3 Å². The third kappa shape index (κ3) is 4.91. The maximum atomic E-state index is 13.7. The maximum absolute atomic E-state index is 13.7. The Hall–Kier alpha value is -3.79. The van der Waals surface area contributed by atoms with Gasteiger partial charge in [-0.1, -0.05) is 6.07 Å². The number of hydrogen-bond donors (Lipinski definition) is 1. The van der Waals surface area contributed by atoms with Crippen molar-refractivity contribution in [2.45, 2.75) is 11.8 Å². The van der Waals surface area contributed by atoms with E-state index in [4.69, 9.17) is 14.2 Å². The van der Waals surface area contributed by atoms with Gasteiger partial charge in [0.05, 0.1) is 12.8 Å². The van der Waals surface area contributed by atoms with Gasteiger partial charge in [-0.2, -0.15) is 0 Å². The van der Waals surface area contributed by atoms with Gasteiger partial charge in [0.1, 0.15) is 36.2 Å². The van der Waals surface area contributed by atoms with Gasteiger partial charge >= 0.3 is 0 Å². The van der Waals surface area contributed by atoms with Crippen LogP contribution in [0.25, 0.3) is 0 Å². The summed E-state index contributed by atoms with van der Waals surface area (Å²) in [5, 5.41) is 2.68. The monoisotopic (exact) mass is 486 g/mol. The molecule has 178 valence electrons. The predicted octanol–water partition coefficient (Wildman–Crippen LogP) is 3.75. The van der Waals surface area contributed by atoms with Gasteiger partial charge in [-0.05, 0) is 61.0 Å². The van der Waals surface area contributed by atoms with Crippen molar-refractivity contribution in [3.8, 4) is 17.2 Å². The Bertz CT molecular complexity index is 1310. The molecule has 0 atom stereocenters. The first-order valence-corrected chi connectivity index (χ1v) is 11.8. The van der Waals surface area contributed by atoms with Crippen LogP contribution in [-0.2, 0) is 14.8 Å². The summed E-state index contributed by atoms with van der Waals surface area (Å²) in [6, 6.07) is 14.5. The summed E-state index contributed by atoms with van der Waals surface area (Å²) >= 11 is 0. The number of halogens is 1. The van der Waals surface area contributed by atoms with Crippen molar-refractivity contribution in [3.05, 3.63) is 72.0 Å². The number of nitrogens with one attached hydrogen (secondary N) is 1. The molecule has 4 rings (SSSR count). The Morgan fingerprint density at radius 3 is 2.44 bits per heavy atom. The van der Waals surface area contributed by atoms with Crippen molar-refractivity contribution in [3.63, 3.8) is 0 Å². The highest BCUT2D eigenvalue weighted by Crippen LogP contribution is 2.33. The second kappa shape index (κ2) is 9.60. The fraction of sp³-hybridized carbons (Fsp3) is 0.208. The quantitative estimate of drug-likeness (QED) is 0.547. The second-order valence-corrected chi connectivity index (χ2v) is 9.38. The minimum absolute atomic E-state index is 0.105. The Morgan fingerprint density at radius 2 is 1.74 bits per heavy atom. The topological polar surface area (TPSA) is 94.2 Å². The van der Waals surface area contributed by atoms with E-state index in [-0.39, 0.29) is 16.3 Å². The third-order valence-electron chi connectivity index (χ3n) is 5.11. The molecule has 10 heteroatoms. The van der Waals surface area contributed by atoms with Crippen LogP contribution in [0.5, 0.6) is 17.2 Å². The molecule has 1 heterocycles. The molecule has 0 unspecified atom stereocenters. The molecule has 1 N–H and O–H groups in total. The number of methoxy groups -OCH3 is 1. The molecular weight excluding hydrogens is 463 g/mol. The number of fused-ring (bicyclic) bond motifs is 1. The molecule has 1 aliphatic heterocycles. The van der Waals surface area contributed by atoms with E-state index in [1.165, 1.54) is 25.3 Å². The third-order valence-corrected chi connectivity index (χ3v) is 6.91. The lowest BCUT2D eigenvalue weighted by atomic mass is 10.2. The van der Waals surface area contributed by atoms with Crippen LogP contribution in [0.15, 0.2) is 65.6 Å². The molecule has 0 spiro atoms. The molecule has 8 nitrogen and oxygen atoms in total. The van der Waals surface area contributed by atoms with E-state index in [0.29, 0.717) is 36.0 Å². The highest BCUT2D eigenvalue weighted by atomic mass is 32.2. The van der Waals surface area contributed by atoms with Crippen molar-refractivity contribution in [2.24, 2.45) is 0 Å². The van der Waals surface area contributed by atoms with E-state index < -0.39 is 28.3 Å². The number of rotatable bonds is 7. The van der Waals surface area contributed by atoms with Crippen LogP contribution in [0.4, 0.5) is 15.8 Å². The lowest BCUT2D eigenvalue weighted by Gasteiger charge is -2.25. The minimum atomic E-state index is -4.25. The summed E-state index contributed by atoms with van der Waals surface area (Å²) in [5.74, 6) is 0.0407. The number of aryl methyl sites for hydroxylation is 1. The molecule has 0 aromatic heterocycles. The van der Waals surface area contributed by atoms with Gasteiger partial charge in [-0.25, -0.2) is 12.8 Å². The number of amides is 1. The Labute approximate surface area is 196 Å². The van der Waals surface area contributed by atoms with Crippen molar-refractivity contribution in [1.29, 1.82) is 0 Å². The number of carbonyl (C=O) groups is 1. The molecule has 0 fully saturated rings. The van der Waals surface area contributed by atoms with Crippen LogP contribution in [-0.4, -0.2) is 41.2 Å². The molecule has 0 aliphatic carbocycles. The molecule has 1 aliphatic rings. The smallest absolute Gasteiger partial charge is 0.268 e. The van der Waals surface area contributed by atoms with Crippen molar-refractivity contribution >= 4 is 27.3 Å². The molecule has 0 bridgehead atoms. The number of sulfonamides is 1. The van der Waals surface area contributed by atoms with Gasteiger partial charge in [-0.15, -0.1) is 0 Å². The van der Waals surface area contributed by atoms with E-state index in [9.17, 15) is 17.6 Å². The number of hydrogen-bond acceptors (Lipinski definition) is 6. The fourth-order valence-corrected chi connectivity index (χ4v) is 5.14. The number of anilines is 2. The molecule has 0 saturated carbocycles. The van der Waals surface area contributed by atoms with Crippen molar-refractivity contribution in [2.75, 3.05) is 36.5 Å². The van der Waals surface area contributed by atoms with Gasteiger partial charge in [-0.3, -0.25) is 9.10 Å². The summed E-state index contributed by atoms with van der Waals surface area (Å²) < 4.78 is 58.0. The molecule has 34 heavy (non-hydrogen) atoms. The Kier molecular flexibility index (Phi) is 6.60. The molecule has 3 aromatic carbocycles. The van der Waals surface area contributed by atoms with E-state index in [1.807, 2.05) is 0 Å². The summed E-state index contributed by atoms with van der Waals surface area (Å²) in [4.78, 5) is 12.8.